The van der Waals surface area contributed by atoms with Crippen molar-refractivity contribution in [3.05, 3.63) is 34.9 Å². The molecule has 0 spiro atoms. The van der Waals surface area contributed by atoms with Crippen molar-refractivity contribution in [1.82, 2.24) is 9.80 Å². The first-order valence-electron chi connectivity index (χ1n) is 9.26. The smallest absolute Gasteiger partial charge is 0.261 e. The summed E-state index contributed by atoms with van der Waals surface area (Å²) in [6.45, 7) is 5.94. The largest absolute Gasteiger partial charge is 0.342 e. The second-order valence-electron chi connectivity index (χ2n) is 7.20. The van der Waals surface area contributed by atoms with Gasteiger partial charge in [0, 0.05) is 26.1 Å². The summed E-state index contributed by atoms with van der Waals surface area (Å²) >= 11 is 0. The van der Waals surface area contributed by atoms with Gasteiger partial charge in [0.1, 0.15) is 0 Å². The summed E-state index contributed by atoms with van der Waals surface area (Å²) in [5.41, 5.74) is 1.92. The van der Waals surface area contributed by atoms with Crippen molar-refractivity contribution in [2.75, 3.05) is 19.6 Å². The molecule has 0 radical (unpaired) electrons. The fourth-order valence-electron chi connectivity index (χ4n) is 3.35. The molecule has 3 rings (SSSR count). The minimum atomic E-state index is -0.240. The molecule has 0 atom stereocenters. The summed E-state index contributed by atoms with van der Waals surface area (Å²) in [6, 6.07) is 5.32. The minimum Gasteiger partial charge on any atom is -0.342 e. The summed E-state index contributed by atoms with van der Waals surface area (Å²) in [5, 5.41) is 0. The molecule has 1 aromatic rings. The average Bonchev–Trinajstić information content (AvgIpc) is 3.37. The predicted molar refractivity (Wildman–Crippen MR) is 95.4 cm³/mol. The molecule has 1 aliphatic heterocycles. The molecular formula is C20H26N2O3. The van der Waals surface area contributed by atoms with Crippen LogP contribution in [-0.2, 0) is 4.79 Å². The van der Waals surface area contributed by atoms with E-state index in [9.17, 15) is 14.4 Å². The molecule has 0 unspecified atom stereocenters. The number of amides is 3. The fourth-order valence-corrected chi connectivity index (χ4v) is 3.35. The minimum absolute atomic E-state index is 0.140. The molecule has 1 fully saturated rings. The lowest BCUT2D eigenvalue weighted by molar-refractivity contribution is -0.131. The van der Waals surface area contributed by atoms with Crippen LogP contribution in [0.25, 0.3) is 0 Å². The molecule has 1 saturated carbocycles. The summed E-state index contributed by atoms with van der Waals surface area (Å²) in [7, 11) is 0. The quantitative estimate of drug-likeness (QED) is 0.682. The second kappa shape index (κ2) is 7.38. The second-order valence-corrected chi connectivity index (χ2v) is 7.20. The van der Waals surface area contributed by atoms with Gasteiger partial charge in [-0.3, -0.25) is 19.3 Å². The molecule has 134 valence electrons. The van der Waals surface area contributed by atoms with E-state index in [1.165, 1.54) is 17.7 Å². The molecule has 2 aliphatic rings. The van der Waals surface area contributed by atoms with Gasteiger partial charge in [-0.25, -0.2) is 0 Å². The van der Waals surface area contributed by atoms with E-state index in [1.54, 1.807) is 12.1 Å². The van der Waals surface area contributed by atoms with E-state index in [0.29, 0.717) is 36.4 Å². The molecule has 1 aromatic carbocycles. The van der Waals surface area contributed by atoms with Crippen molar-refractivity contribution in [3.8, 4) is 0 Å². The first-order valence-corrected chi connectivity index (χ1v) is 9.26. The van der Waals surface area contributed by atoms with Gasteiger partial charge in [-0.05, 0) is 50.7 Å². The maximum atomic E-state index is 12.4. The highest BCUT2D eigenvalue weighted by Crippen LogP contribution is 2.30. The third-order valence-electron chi connectivity index (χ3n) is 4.92. The van der Waals surface area contributed by atoms with Gasteiger partial charge in [-0.1, -0.05) is 18.6 Å². The number of nitrogens with zero attached hydrogens (tertiary/aromatic N) is 2. The van der Waals surface area contributed by atoms with Crippen molar-refractivity contribution in [2.45, 2.75) is 46.0 Å². The molecule has 25 heavy (non-hydrogen) atoms. The van der Waals surface area contributed by atoms with Crippen LogP contribution in [0.1, 0.15) is 65.3 Å². The Bertz CT molecular complexity index is 694. The number of carbonyl (C=O) groups is 3. The third-order valence-corrected chi connectivity index (χ3v) is 4.92. The summed E-state index contributed by atoms with van der Waals surface area (Å²) in [4.78, 5) is 40.5. The van der Waals surface area contributed by atoms with Crippen LogP contribution in [0.15, 0.2) is 18.2 Å². The normalized spacial score (nSPS) is 16.3. The molecule has 0 N–H and O–H groups in total. The number of benzene rings is 1. The Morgan fingerprint density at radius 2 is 1.92 bits per heavy atom. The maximum absolute atomic E-state index is 12.4. The van der Waals surface area contributed by atoms with Gasteiger partial charge in [-0.2, -0.15) is 0 Å². The lowest BCUT2D eigenvalue weighted by Gasteiger charge is -2.22. The first kappa shape index (κ1) is 17.6. The fraction of sp³-hybridized carbons (Fsp3) is 0.550. The van der Waals surface area contributed by atoms with E-state index in [1.807, 2.05) is 17.9 Å². The van der Waals surface area contributed by atoms with E-state index in [0.717, 1.165) is 25.1 Å². The van der Waals surface area contributed by atoms with Crippen LogP contribution in [0.4, 0.5) is 0 Å². The van der Waals surface area contributed by atoms with Crippen molar-refractivity contribution < 1.29 is 14.4 Å². The van der Waals surface area contributed by atoms with E-state index in [-0.39, 0.29) is 17.7 Å². The standard InChI is InChI=1S/C20H26N2O3/c1-3-10-21(13-15-7-8-15)18(23)5-4-11-22-19(24)16-9-6-14(2)12-17(16)20(22)25/h6,9,12,15H,3-5,7-8,10-11,13H2,1-2H3. The van der Waals surface area contributed by atoms with Gasteiger partial charge >= 0.3 is 0 Å². The molecule has 1 aliphatic carbocycles. The molecule has 5 heteroatoms. The Balaban J connectivity index is 1.54. The molecular weight excluding hydrogens is 316 g/mol. The Kier molecular flexibility index (Phi) is 5.21. The third kappa shape index (κ3) is 3.91. The zero-order chi connectivity index (χ0) is 18.0. The Hall–Kier alpha value is -2.17. The van der Waals surface area contributed by atoms with E-state index in [4.69, 9.17) is 0 Å². The highest BCUT2D eigenvalue weighted by Gasteiger charge is 2.35. The monoisotopic (exact) mass is 342 g/mol. The van der Waals surface area contributed by atoms with Gasteiger partial charge in [0.2, 0.25) is 5.91 Å². The number of fused-ring (bicyclic) bond motifs is 1. The number of carbonyl (C=O) groups excluding carboxylic acids is 3. The van der Waals surface area contributed by atoms with Crippen LogP contribution in [0.3, 0.4) is 0 Å². The van der Waals surface area contributed by atoms with Crippen molar-refractivity contribution in [1.29, 1.82) is 0 Å². The highest BCUT2D eigenvalue weighted by molar-refractivity contribution is 6.21. The van der Waals surface area contributed by atoms with Gasteiger partial charge in [0.15, 0.2) is 0 Å². The van der Waals surface area contributed by atoms with Crippen molar-refractivity contribution in [3.63, 3.8) is 0 Å². The van der Waals surface area contributed by atoms with Gasteiger partial charge in [-0.15, -0.1) is 0 Å². The number of rotatable bonds is 8. The van der Waals surface area contributed by atoms with Crippen LogP contribution >= 0.6 is 0 Å². The summed E-state index contributed by atoms with van der Waals surface area (Å²) in [5.74, 6) is 0.339. The molecule has 0 bridgehead atoms. The lowest BCUT2D eigenvalue weighted by atomic mass is 10.1. The highest BCUT2D eigenvalue weighted by atomic mass is 16.2. The SMILES string of the molecule is CCCN(CC1CC1)C(=O)CCCN1C(=O)c2ccc(C)cc2C1=O. The van der Waals surface area contributed by atoms with Crippen molar-refractivity contribution >= 4 is 17.7 Å². The predicted octanol–water partition coefficient (Wildman–Crippen LogP) is 3.02. The number of hydrogen-bond donors (Lipinski definition) is 0. The zero-order valence-electron chi connectivity index (χ0n) is 15.1. The number of hydrogen-bond acceptors (Lipinski definition) is 3. The number of aryl methyl sites for hydroxylation is 1. The van der Waals surface area contributed by atoms with Crippen LogP contribution in [0.5, 0.6) is 0 Å². The summed E-state index contributed by atoms with van der Waals surface area (Å²) in [6.07, 6.45) is 4.31. The van der Waals surface area contributed by atoms with Crippen LogP contribution in [0.2, 0.25) is 0 Å². The van der Waals surface area contributed by atoms with Crippen molar-refractivity contribution in [2.24, 2.45) is 5.92 Å². The van der Waals surface area contributed by atoms with Crippen LogP contribution < -0.4 is 0 Å². The Morgan fingerprint density at radius 3 is 2.60 bits per heavy atom. The molecule has 0 aromatic heterocycles. The molecule has 3 amide bonds. The van der Waals surface area contributed by atoms with E-state index in [2.05, 4.69) is 6.92 Å². The van der Waals surface area contributed by atoms with Gasteiger partial charge in [0.05, 0.1) is 11.1 Å². The molecule has 5 nitrogen and oxygen atoms in total. The Morgan fingerprint density at radius 1 is 1.20 bits per heavy atom. The van der Waals surface area contributed by atoms with Gasteiger partial charge in [0.25, 0.3) is 11.8 Å². The zero-order valence-corrected chi connectivity index (χ0v) is 15.1. The lowest BCUT2D eigenvalue weighted by Crippen LogP contribution is -2.35. The first-order chi connectivity index (χ1) is 12.0. The van der Waals surface area contributed by atoms with Crippen LogP contribution in [-0.4, -0.2) is 47.2 Å². The van der Waals surface area contributed by atoms with Crippen LogP contribution in [0, 0.1) is 12.8 Å². The van der Waals surface area contributed by atoms with E-state index < -0.39 is 0 Å². The summed E-state index contributed by atoms with van der Waals surface area (Å²) < 4.78 is 0. The van der Waals surface area contributed by atoms with Gasteiger partial charge < -0.3 is 4.90 Å². The topological polar surface area (TPSA) is 57.7 Å². The van der Waals surface area contributed by atoms with E-state index >= 15 is 0 Å². The molecule has 1 heterocycles. The maximum Gasteiger partial charge on any atom is 0.261 e. The Labute approximate surface area is 149 Å². The number of imide groups is 1. The average molecular weight is 342 g/mol. The molecule has 0 saturated heterocycles.